The third-order valence-corrected chi connectivity index (χ3v) is 4.78. The Kier molecular flexibility index (Phi) is 4.43. The van der Waals surface area contributed by atoms with E-state index in [1.54, 1.807) is 0 Å². The lowest BCUT2D eigenvalue weighted by Gasteiger charge is -2.27. The quantitative estimate of drug-likeness (QED) is 0.760. The zero-order valence-corrected chi connectivity index (χ0v) is 12.8. The van der Waals surface area contributed by atoms with Crippen LogP contribution in [0.1, 0.15) is 31.2 Å². The van der Waals surface area contributed by atoms with Crippen LogP contribution >= 0.6 is 22.6 Å². The van der Waals surface area contributed by atoms with Crippen LogP contribution in [0.2, 0.25) is 0 Å². The van der Waals surface area contributed by atoms with Crippen LogP contribution in [0, 0.1) is 16.4 Å². The molecule has 0 aliphatic heterocycles. The minimum absolute atomic E-state index is 0.138. The third-order valence-electron chi connectivity index (χ3n) is 3.61. The van der Waals surface area contributed by atoms with Gasteiger partial charge >= 0.3 is 0 Å². The van der Waals surface area contributed by atoms with Crippen molar-refractivity contribution in [1.29, 1.82) is 0 Å². The van der Waals surface area contributed by atoms with Gasteiger partial charge in [0.05, 0.1) is 0 Å². The van der Waals surface area contributed by atoms with E-state index >= 15 is 0 Å². The van der Waals surface area contributed by atoms with Crippen molar-refractivity contribution < 1.29 is 13.6 Å². The van der Waals surface area contributed by atoms with E-state index in [1.165, 1.54) is 0 Å². The summed E-state index contributed by atoms with van der Waals surface area (Å²) in [5, 5.41) is 2.86. The van der Waals surface area contributed by atoms with Crippen LogP contribution < -0.4 is 5.32 Å². The van der Waals surface area contributed by atoms with E-state index < -0.39 is 5.92 Å². The highest BCUT2D eigenvalue weighted by Gasteiger charge is 2.37. The fourth-order valence-electron chi connectivity index (χ4n) is 2.28. The van der Waals surface area contributed by atoms with Crippen molar-refractivity contribution in [2.45, 2.75) is 38.5 Å². The number of alkyl halides is 2. The maximum atomic E-state index is 13.1. The second kappa shape index (κ2) is 5.73. The summed E-state index contributed by atoms with van der Waals surface area (Å²) in [4.78, 5) is 12.1. The van der Waals surface area contributed by atoms with Crippen molar-refractivity contribution in [3.63, 3.8) is 0 Å². The van der Waals surface area contributed by atoms with Crippen LogP contribution in [0.5, 0.6) is 0 Å². The maximum absolute atomic E-state index is 13.1. The lowest BCUT2D eigenvalue weighted by Crippen LogP contribution is -2.32. The van der Waals surface area contributed by atoms with E-state index in [0.717, 1.165) is 14.8 Å². The molecule has 1 aromatic carbocycles. The molecule has 0 bridgehead atoms. The number of carbonyl (C=O) groups excluding carboxylic acids is 1. The molecule has 0 unspecified atom stereocenters. The Bertz CT molecular complexity index is 480. The Morgan fingerprint density at radius 2 is 2.00 bits per heavy atom. The summed E-state index contributed by atoms with van der Waals surface area (Å²) < 4.78 is 27.2. The molecule has 1 aliphatic rings. The van der Waals surface area contributed by atoms with E-state index in [1.807, 2.05) is 25.1 Å². The average Bonchev–Trinajstić information content (AvgIpc) is 2.35. The van der Waals surface area contributed by atoms with Crippen molar-refractivity contribution in [2.75, 3.05) is 5.32 Å². The number of benzene rings is 1. The maximum Gasteiger partial charge on any atom is 0.248 e. The van der Waals surface area contributed by atoms with Crippen LogP contribution in [0.15, 0.2) is 18.2 Å². The third kappa shape index (κ3) is 3.64. The number of halogens is 3. The van der Waals surface area contributed by atoms with Crippen molar-refractivity contribution in [1.82, 2.24) is 0 Å². The fraction of sp³-hybridized carbons (Fsp3) is 0.500. The Morgan fingerprint density at radius 3 is 2.63 bits per heavy atom. The van der Waals surface area contributed by atoms with E-state index in [-0.39, 0.29) is 37.5 Å². The SMILES string of the molecule is Cc1c(I)cccc1NC(=O)C1CCC(F)(F)CC1. The van der Waals surface area contributed by atoms with E-state index in [2.05, 4.69) is 27.9 Å². The summed E-state index contributed by atoms with van der Waals surface area (Å²) in [5.74, 6) is -3.02. The lowest BCUT2D eigenvalue weighted by molar-refractivity contribution is -0.124. The molecule has 0 atom stereocenters. The van der Waals surface area contributed by atoms with Gasteiger partial charge in [-0.2, -0.15) is 0 Å². The van der Waals surface area contributed by atoms with Gasteiger partial charge in [0.15, 0.2) is 0 Å². The van der Waals surface area contributed by atoms with Gasteiger partial charge in [-0.25, -0.2) is 8.78 Å². The number of hydrogen-bond donors (Lipinski definition) is 1. The Labute approximate surface area is 125 Å². The first-order chi connectivity index (χ1) is 8.89. The molecule has 5 heteroatoms. The van der Waals surface area contributed by atoms with Gasteiger partial charge in [0, 0.05) is 28.0 Å². The summed E-state index contributed by atoms with van der Waals surface area (Å²) in [6.07, 6.45) is 0.163. The standard InChI is InChI=1S/C14H16F2INO/c1-9-11(17)3-2-4-12(9)18-13(19)10-5-7-14(15,16)8-6-10/h2-4,10H,5-8H2,1H3,(H,18,19). The fourth-order valence-corrected chi connectivity index (χ4v) is 2.78. The predicted octanol–water partition coefficient (Wildman–Crippen LogP) is 4.36. The number of amides is 1. The van der Waals surface area contributed by atoms with Gasteiger partial charge in [-0.3, -0.25) is 4.79 Å². The van der Waals surface area contributed by atoms with E-state index in [9.17, 15) is 13.6 Å². The molecule has 1 aromatic rings. The summed E-state index contributed by atoms with van der Waals surface area (Å²) in [6.45, 7) is 1.94. The lowest BCUT2D eigenvalue weighted by atomic mass is 9.86. The molecule has 0 saturated heterocycles. The normalized spacial score (nSPS) is 19.2. The van der Waals surface area contributed by atoms with E-state index in [0.29, 0.717) is 0 Å². The summed E-state index contributed by atoms with van der Waals surface area (Å²) in [5.41, 5.74) is 1.78. The summed E-state index contributed by atoms with van der Waals surface area (Å²) >= 11 is 2.21. The molecular formula is C14H16F2INO. The largest absolute Gasteiger partial charge is 0.326 e. The number of anilines is 1. The molecule has 1 fully saturated rings. The number of rotatable bonds is 2. The number of carbonyl (C=O) groups is 1. The monoisotopic (exact) mass is 379 g/mol. The number of hydrogen-bond acceptors (Lipinski definition) is 1. The molecular weight excluding hydrogens is 363 g/mol. The Morgan fingerprint density at radius 1 is 1.37 bits per heavy atom. The second-order valence-electron chi connectivity index (χ2n) is 5.03. The van der Waals surface area contributed by atoms with Gasteiger partial charge in [0.1, 0.15) is 0 Å². The van der Waals surface area contributed by atoms with Crippen LogP contribution in [-0.4, -0.2) is 11.8 Å². The van der Waals surface area contributed by atoms with Gasteiger partial charge in [0.2, 0.25) is 11.8 Å². The summed E-state index contributed by atoms with van der Waals surface area (Å²) in [7, 11) is 0. The molecule has 1 amide bonds. The van der Waals surface area contributed by atoms with Gasteiger partial charge in [-0.15, -0.1) is 0 Å². The number of nitrogens with one attached hydrogen (secondary N) is 1. The Balaban J connectivity index is 2.00. The molecule has 19 heavy (non-hydrogen) atoms. The highest BCUT2D eigenvalue weighted by Crippen LogP contribution is 2.36. The molecule has 0 heterocycles. The molecule has 0 radical (unpaired) electrons. The van der Waals surface area contributed by atoms with Crippen LogP contribution in [0.3, 0.4) is 0 Å². The molecule has 0 aromatic heterocycles. The molecule has 0 spiro atoms. The summed E-state index contributed by atoms with van der Waals surface area (Å²) in [6, 6.07) is 5.68. The smallest absolute Gasteiger partial charge is 0.248 e. The van der Waals surface area contributed by atoms with Gasteiger partial charge in [-0.1, -0.05) is 6.07 Å². The zero-order chi connectivity index (χ0) is 14.0. The molecule has 1 saturated carbocycles. The minimum atomic E-state index is -2.59. The van der Waals surface area contributed by atoms with E-state index in [4.69, 9.17) is 0 Å². The highest BCUT2D eigenvalue weighted by molar-refractivity contribution is 14.1. The molecule has 1 aliphatic carbocycles. The van der Waals surface area contributed by atoms with Crippen molar-refractivity contribution in [3.8, 4) is 0 Å². The molecule has 1 N–H and O–H groups in total. The minimum Gasteiger partial charge on any atom is -0.326 e. The first-order valence-corrected chi connectivity index (χ1v) is 7.41. The topological polar surface area (TPSA) is 29.1 Å². The van der Waals surface area contributed by atoms with Gasteiger partial charge < -0.3 is 5.32 Å². The van der Waals surface area contributed by atoms with Gasteiger partial charge in [0.25, 0.3) is 0 Å². The van der Waals surface area contributed by atoms with Crippen molar-refractivity contribution in [2.24, 2.45) is 5.92 Å². The highest BCUT2D eigenvalue weighted by atomic mass is 127. The predicted molar refractivity (Wildman–Crippen MR) is 79.4 cm³/mol. The van der Waals surface area contributed by atoms with Gasteiger partial charge in [-0.05, 0) is 60.1 Å². The van der Waals surface area contributed by atoms with Crippen molar-refractivity contribution in [3.05, 3.63) is 27.3 Å². The zero-order valence-electron chi connectivity index (χ0n) is 10.7. The molecule has 2 nitrogen and oxygen atoms in total. The van der Waals surface area contributed by atoms with Crippen LogP contribution in [0.25, 0.3) is 0 Å². The first-order valence-electron chi connectivity index (χ1n) is 6.33. The molecule has 2 rings (SSSR count). The Hall–Kier alpha value is -0.720. The second-order valence-corrected chi connectivity index (χ2v) is 6.19. The molecule has 104 valence electrons. The average molecular weight is 379 g/mol. The van der Waals surface area contributed by atoms with Crippen molar-refractivity contribution >= 4 is 34.2 Å². The van der Waals surface area contributed by atoms with Crippen LogP contribution in [-0.2, 0) is 4.79 Å². The first kappa shape index (κ1) is 14.7. The van der Waals surface area contributed by atoms with Crippen LogP contribution in [0.4, 0.5) is 14.5 Å².